The molecule has 90 valence electrons. The van der Waals surface area contributed by atoms with E-state index in [4.69, 9.17) is 5.11 Å². The van der Waals surface area contributed by atoms with Crippen LogP contribution in [0, 0.1) is 12.3 Å². The number of benzene rings is 1. The Balaban J connectivity index is 2.34. The highest BCUT2D eigenvalue weighted by Crippen LogP contribution is 2.31. The first-order chi connectivity index (χ1) is 7.88. The van der Waals surface area contributed by atoms with Crippen LogP contribution in [-0.2, 0) is 11.2 Å². The second-order valence-corrected chi connectivity index (χ2v) is 6.29. The molecule has 1 heterocycles. The summed E-state index contributed by atoms with van der Waals surface area (Å²) >= 11 is 1.69. The molecule has 17 heavy (non-hydrogen) atoms. The third-order valence-corrected chi connectivity index (χ3v) is 4.03. The summed E-state index contributed by atoms with van der Waals surface area (Å²) in [5, 5.41) is 10.3. The molecule has 0 aliphatic heterocycles. The maximum absolute atomic E-state index is 11.1. The van der Waals surface area contributed by atoms with Crippen LogP contribution in [0.2, 0.25) is 0 Å². The number of hydrogen-bond acceptors (Lipinski definition) is 2. The summed E-state index contributed by atoms with van der Waals surface area (Å²) < 4.78 is 1.23. The Bertz CT molecular complexity index is 567. The fraction of sp³-hybridized carbons (Fsp3) is 0.357. The minimum Gasteiger partial charge on any atom is -0.481 e. The molecule has 3 heteroatoms. The van der Waals surface area contributed by atoms with Crippen LogP contribution >= 0.6 is 11.3 Å². The Kier molecular flexibility index (Phi) is 2.96. The van der Waals surface area contributed by atoms with Gasteiger partial charge in [-0.25, -0.2) is 0 Å². The van der Waals surface area contributed by atoms with Gasteiger partial charge in [-0.15, -0.1) is 11.3 Å². The molecule has 0 fully saturated rings. The number of fused-ring (bicyclic) bond motifs is 1. The highest BCUT2D eigenvalue weighted by atomic mass is 32.1. The molecule has 1 N–H and O–H groups in total. The average Bonchev–Trinajstić information content (AvgIpc) is 2.57. The zero-order valence-corrected chi connectivity index (χ0v) is 11.1. The van der Waals surface area contributed by atoms with Gasteiger partial charge in [-0.2, -0.15) is 0 Å². The van der Waals surface area contributed by atoms with Gasteiger partial charge >= 0.3 is 5.97 Å². The van der Waals surface area contributed by atoms with E-state index in [2.05, 4.69) is 31.2 Å². The van der Waals surface area contributed by atoms with E-state index in [1.807, 2.05) is 0 Å². The van der Waals surface area contributed by atoms with Gasteiger partial charge in [0, 0.05) is 9.58 Å². The molecular formula is C14H16O2S. The van der Waals surface area contributed by atoms with Crippen LogP contribution in [0.3, 0.4) is 0 Å². The zero-order chi connectivity index (χ0) is 12.6. The second-order valence-electron chi connectivity index (χ2n) is 5.12. The number of carbonyl (C=O) groups is 1. The number of aliphatic carboxylic acids is 1. The smallest absolute Gasteiger partial charge is 0.309 e. The van der Waals surface area contributed by atoms with Crippen molar-refractivity contribution in [2.45, 2.75) is 27.2 Å². The molecule has 0 spiro atoms. The summed E-state index contributed by atoms with van der Waals surface area (Å²) in [6.07, 6.45) is 0.584. The summed E-state index contributed by atoms with van der Waals surface area (Å²) in [7, 11) is 0. The largest absolute Gasteiger partial charge is 0.481 e. The first-order valence-electron chi connectivity index (χ1n) is 5.61. The van der Waals surface area contributed by atoms with Gasteiger partial charge in [0.2, 0.25) is 0 Å². The number of aryl methyl sites for hydroxylation is 1. The first kappa shape index (κ1) is 12.1. The van der Waals surface area contributed by atoms with Crippen molar-refractivity contribution in [3.8, 4) is 0 Å². The number of rotatable bonds is 3. The fourth-order valence-electron chi connectivity index (χ4n) is 1.82. The monoisotopic (exact) mass is 248 g/mol. The van der Waals surface area contributed by atoms with Gasteiger partial charge in [0.1, 0.15) is 0 Å². The van der Waals surface area contributed by atoms with Gasteiger partial charge in [-0.05, 0) is 44.7 Å². The number of carboxylic acids is 1. The molecular weight excluding hydrogens is 232 g/mol. The second kappa shape index (κ2) is 4.15. The van der Waals surface area contributed by atoms with E-state index < -0.39 is 11.4 Å². The highest BCUT2D eigenvalue weighted by molar-refractivity contribution is 7.19. The van der Waals surface area contributed by atoms with Crippen molar-refractivity contribution in [1.29, 1.82) is 0 Å². The molecule has 0 bridgehead atoms. The maximum atomic E-state index is 11.1. The van der Waals surface area contributed by atoms with Crippen LogP contribution in [0.5, 0.6) is 0 Å². The van der Waals surface area contributed by atoms with Gasteiger partial charge in [0.15, 0.2) is 0 Å². The zero-order valence-electron chi connectivity index (χ0n) is 10.3. The van der Waals surface area contributed by atoms with Crippen molar-refractivity contribution in [3.63, 3.8) is 0 Å². The lowest BCUT2D eigenvalue weighted by Crippen LogP contribution is -2.25. The Labute approximate surface area is 105 Å². The van der Waals surface area contributed by atoms with Crippen LogP contribution in [0.15, 0.2) is 24.3 Å². The van der Waals surface area contributed by atoms with Gasteiger partial charge in [-0.1, -0.05) is 17.7 Å². The van der Waals surface area contributed by atoms with Crippen LogP contribution in [-0.4, -0.2) is 11.1 Å². The molecule has 1 aromatic carbocycles. The van der Waals surface area contributed by atoms with Crippen molar-refractivity contribution in [2.75, 3.05) is 0 Å². The fourth-order valence-corrected chi connectivity index (χ4v) is 3.09. The predicted octanol–water partition coefficient (Wildman–Crippen LogP) is 3.86. The van der Waals surface area contributed by atoms with E-state index >= 15 is 0 Å². The van der Waals surface area contributed by atoms with Crippen LogP contribution in [0.25, 0.3) is 10.1 Å². The molecule has 0 saturated carbocycles. The molecule has 0 unspecified atom stereocenters. The normalized spacial score (nSPS) is 11.9. The average molecular weight is 248 g/mol. The minimum atomic E-state index is -0.744. The van der Waals surface area contributed by atoms with E-state index in [9.17, 15) is 4.79 Å². The topological polar surface area (TPSA) is 37.3 Å². The molecule has 0 amide bonds. The molecule has 0 atom stereocenters. The molecule has 2 nitrogen and oxygen atoms in total. The lowest BCUT2D eigenvalue weighted by Gasteiger charge is -2.17. The molecule has 1 aromatic heterocycles. The van der Waals surface area contributed by atoms with Crippen LogP contribution in [0.4, 0.5) is 0 Å². The van der Waals surface area contributed by atoms with Crippen molar-refractivity contribution >= 4 is 27.4 Å². The molecule has 2 aromatic rings. The Morgan fingerprint density at radius 2 is 2.06 bits per heavy atom. The summed E-state index contributed by atoms with van der Waals surface area (Å²) in [5.41, 5.74) is 0.537. The Morgan fingerprint density at radius 1 is 1.35 bits per heavy atom. The summed E-state index contributed by atoms with van der Waals surface area (Å²) in [5.74, 6) is -0.744. The van der Waals surface area contributed by atoms with E-state index in [-0.39, 0.29) is 0 Å². The van der Waals surface area contributed by atoms with Crippen molar-refractivity contribution in [3.05, 3.63) is 34.7 Å². The Morgan fingerprint density at radius 3 is 2.71 bits per heavy atom. The number of carboxylic acid groups (broad SMARTS) is 1. The molecule has 2 rings (SSSR count). The van der Waals surface area contributed by atoms with Gasteiger partial charge in [-0.3, -0.25) is 4.79 Å². The Hall–Kier alpha value is -1.35. The highest BCUT2D eigenvalue weighted by Gasteiger charge is 2.28. The SMILES string of the molecule is Cc1ccc2sc(CC(C)(C)C(=O)O)cc2c1. The summed E-state index contributed by atoms with van der Waals surface area (Å²) in [6.45, 7) is 5.61. The van der Waals surface area contributed by atoms with E-state index in [0.29, 0.717) is 6.42 Å². The van der Waals surface area contributed by atoms with Crippen LogP contribution < -0.4 is 0 Å². The lowest BCUT2D eigenvalue weighted by atomic mass is 9.89. The third-order valence-electron chi connectivity index (χ3n) is 2.92. The van der Waals surface area contributed by atoms with E-state index in [1.54, 1.807) is 25.2 Å². The van der Waals surface area contributed by atoms with Gasteiger partial charge in [0.05, 0.1) is 5.41 Å². The van der Waals surface area contributed by atoms with Crippen molar-refractivity contribution in [1.82, 2.24) is 0 Å². The van der Waals surface area contributed by atoms with Gasteiger partial charge in [0.25, 0.3) is 0 Å². The molecule has 0 saturated heterocycles. The van der Waals surface area contributed by atoms with E-state index in [1.165, 1.54) is 15.6 Å². The summed E-state index contributed by atoms with van der Waals surface area (Å²) in [4.78, 5) is 12.2. The number of thiophene rings is 1. The predicted molar refractivity (Wildman–Crippen MR) is 71.7 cm³/mol. The first-order valence-corrected chi connectivity index (χ1v) is 6.42. The minimum absolute atomic E-state index is 0.584. The van der Waals surface area contributed by atoms with E-state index in [0.717, 1.165) is 4.88 Å². The van der Waals surface area contributed by atoms with Crippen molar-refractivity contribution < 1.29 is 9.90 Å². The molecule has 0 aliphatic rings. The standard InChI is InChI=1S/C14H16O2S/c1-9-4-5-12-10(6-9)7-11(17-12)8-14(2,3)13(15)16/h4-7H,8H2,1-3H3,(H,15,16). The van der Waals surface area contributed by atoms with Crippen molar-refractivity contribution in [2.24, 2.45) is 5.41 Å². The number of hydrogen-bond donors (Lipinski definition) is 1. The van der Waals surface area contributed by atoms with Gasteiger partial charge < -0.3 is 5.11 Å². The lowest BCUT2D eigenvalue weighted by molar-refractivity contribution is -0.146. The third kappa shape index (κ3) is 2.50. The molecule has 0 radical (unpaired) electrons. The maximum Gasteiger partial charge on any atom is 0.309 e. The molecule has 0 aliphatic carbocycles. The summed E-state index contributed by atoms with van der Waals surface area (Å²) in [6, 6.07) is 8.44. The quantitative estimate of drug-likeness (QED) is 0.895. The van der Waals surface area contributed by atoms with Crippen LogP contribution in [0.1, 0.15) is 24.3 Å².